The minimum absolute atomic E-state index is 0.0941. The highest BCUT2D eigenvalue weighted by molar-refractivity contribution is 5.43. The van der Waals surface area contributed by atoms with Crippen molar-refractivity contribution in [2.45, 2.75) is 25.8 Å². The summed E-state index contributed by atoms with van der Waals surface area (Å²) in [6, 6.07) is 9.35. The van der Waals surface area contributed by atoms with E-state index in [4.69, 9.17) is 5.26 Å². The Morgan fingerprint density at radius 3 is 2.68 bits per heavy atom. The van der Waals surface area contributed by atoms with Crippen molar-refractivity contribution in [3.63, 3.8) is 0 Å². The van der Waals surface area contributed by atoms with Gasteiger partial charge in [-0.15, -0.1) is 0 Å². The Kier molecular flexibility index (Phi) is 3.91. The van der Waals surface area contributed by atoms with Crippen molar-refractivity contribution in [3.05, 3.63) is 53.3 Å². The van der Waals surface area contributed by atoms with Crippen LogP contribution in [0, 0.1) is 11.3 Å². The first kappa shape index (κ1) is 13.2. The highest BCUT2D eigenvalue weighted by atomic mass is 19.3. The Balaban J connectivity index is 2.41. The third-order valence-electron chi connectivity index (χ3n) is 3.09. The van der Waals surface area contributed by atoms with Gasteiger partial charge in [0.05, 0.1) is 17.8 Å². The maximum Gasteiger partial charge on any atom is 0.333 e. The van der Waals surface area contributed by atoms with Crippen molar-refractivity contribution >= 4 is 0 Å². The number of halogens is 2. The minimum atomic E-state index is -2.64. The molecule has 0 bridgehead atoms. The molecule has 0 unspecified atom stereocenters. The molecule has 0 aliphatic carbocycles. The van der Waals surface area contributed by atoms with Crippen LogP contribution in [-0.4, -0.2) is 9.78 Å². The fourth-order valence-electron chi connectivity index (χ4n) is 2.18. The van der Waals surface area contributed by atoms with Gasteiger partial charge in [0.15, 0.2) is 0 Å². The van der Waals surface area contributed by atoms with Gasteiger partial charge in [0.2, 0.25) is 0 Å². The molecule has 1 atom stereocenters. The van der Waals surface area contributed by atoms with E-state index in [0.29, 0.717) is 22.2 Å². The highest BCUT2D eigenvalue weighted by Crippen LogP contribution is 2.30. The molecule has 1 aromatic carbocycles. The Labute approximate surface area is 110 Å². The maximum absolute atomic E-state index is 12.5. The first-order valence-corrected chi connectivity index (χ1v) is 5.98. The zero-order valence-electron chi connectivity index (χ0n) is 10.4. The van der Waals surface area contributed by atoms with Gasteiger partial charge in [-0.1, -0.05) is 25.1 Å². The van der Waals surface area contributed by atoms with Crippen LogP contribution >= 0.6 is 0 Å². The highest BCUT2D eigenvalue weighted by Gasteiger charge is 2.18. The lowest BCUT2D eigenvalue weighted by atomic mass is 9.88. The van der Waals surface area contributed by atoms with Crippen LogP contribution in [0.2, 0.25) is 0 Å². The monoisotopic (exact) mass is 261 g/mol. The fourth-order valence-corrected chi connectivity index (χ4v) is 2.18. The number of nitrogens with zero attached hydrogens (tertiary/aromatic N) is 3. The maximum atomic E-state index is 12.5. The summed E-state index contributed by atoms with van der Waals surface area (Å²) in [4.78, 5) is 0. The number of rotatable bonds is 4. The standard InChI is InChI=1S/C14H13F2N3/c1-2-12(11-8-18-19(9-11)14(15)16)13-6-4-3-5-10(13)7-17/h3-6,8-9,12,14H,2H2,1H3/t12-/m1/s1. The summed E-state index contributed by atoms with van der Waals surface area (Å²) in [6.07, 6.45) is 3.50. The van der Waals surface area contributed by atoms with Crippen LogP contribution in [0.4, 0.5) is 8.78 Å². The van der Waals surface area contributed by atoms with Crippen LogP contribution in [0.15, 0.2) is 36.7 Å². The molecule has 2 aromatic rings. The molecule has 2 rings (SSSR count). The summed E-state index contributed by atoms with van der Waals surface area (Å²) in [7, 11) is 0. The van der Waals surface area contributed by atoms with Crippen LogP contribution in [0.3, 0.4) is 0 Å². The molecule has 0 fully saturated rings. The molecule has 0 N–H and O–H groups in total. The number of hydrogen-bond acceptors (Lipinski definition) is 2. The SMILES string of the molecule is CC[C@H](c1cnn(C(F)F)c1)c1ccccc1C#N. The smallest absolute Gasteiger partial charge is 0.211 e. The van der Waals surface area contributed by atoms with Gasteiger partial charge < -0.3 is 0 Å². The first-order valence-electron chi connectivity index (χ1n) is 5.98. The molecular formula is C14H13F2N3. The molecule has 0 aliphatic rings. The molecule has 0 saturated carbocycles. The van der Waals surface area contributed by atoms with Gasteiger partial charge in [-0.2, -0.15) is 19.1 Å². The average Bonchev–Trinajstić information content (AvgIpc) is 2.90. The largest absolute Gasteiger partial charge is 0.333 e. The van der Waals surface area contributed by atoms with E-state index in [1.807, 2.05) is 19.1 Å². The van der Waals surface area contributed by atoms with E-state index >= 15 is 0 Å². The minimum Gasteiger partial charge on any atom is -0.211 e. The molecule has 0 amide bonds. The van der Waals surface area contributed by atoms with Crippen LogP contribution < -0.4 is 0 Å². The summed E-state index contributed by atoms with van der Waals surface area (Å²) in [5.41, 5.74) is 2.12. The van der Waals surface area contributed by atoms with Crippen molar-refractivity contribution in [1.29, 1.82) is 5.26 Å². The molecule has 0 spiro atoms. The van der Waals surface area contributed by atoms with E-state index in [9.17, 15) is 8.78 Å². The predicted molar refractivity (Wildman–Crippen MR) is 66.8 cm³/mol. The van der Waals surface area contributed by atoms with Gasteiger partial charge in [0, 0.05) is 12.1 Å². The number of hydrogen-bond donors (Lipinski definition) is 0. The molecule has 0 radical (unpaired) electrons. The molecule has 98 valence electrons. The van der Waals surface area contributed by atoms with E-state index in [-0.39, 0.29) is 5.92 Å². The van der Waals surface area contributed by atoms with Crippen molar-refractivity contribution in [2.75, 3.05) is 0 Å². The van der Waals surface area contributed by atoms with Crippen molar-refractivity contribution in [1.82, 2.24) is 9.78 Å². The van der Waals surface area contributed by atoms with Gasteiger partial charge >= 0.3 is 6.55 Å². The van der Waals surface area contributed by atoms with Crippen molar-refractivity contribution < 1.29 is 8.78 Å². The van der Waals surface area contributed by atoms with Crippen molar-refractivity contribution in [2.24, 2.45) is 0 Å². The van der Waals surface area contributed by atoms with Gasteiger partial charge in [-0.25, -0.2) is 4.68 Å². The van der Waals surface area contributed by atoms with Crippen LogP contribution in [0.25, 0.3) is 0 Å². The molecule has 3 nitrogen and oxygen atoms in total. The van der Waals surface area contributed by atoms with Crippen LogP contribution in [0.5, 0.6) is 0 Å². The first-order chi connectivity index (χ1) is 9.17. The zero-order chi connectivity index (χ0) is 13.8. The van der Waals surface area contributed by atoms with E-state index in [0.717, 1.165) is 5.56 Å². The second kappa shape index (κ2) is 5.61. The number of nitriles is 1. The normalized spacial score (nSPS) is 12.4. The fraction of sp³-hybridized carbons (Fsp3) is 0.286. The number of aromatic nitrogens is 2. The predicted octanol–water partition coefficient (Wildman–Crippen LogP) is 3.69. The molecule has 5 heteroatoms. The van der Waals surface area contributed by atoms with Gasteiger partial charge in [-0.3, -0.25) is 0 Å². The Bertz CT molecular complexity index is 599. The quantitative estimate of drug-likeness (QED) is 0.842. The summed E-state index contributed by atoms with van der Waals surface area (Å²) >= 11 is 0. The molecule has 0 aliphatic heterocycles. The topological polar surface area (TPSA) is 41.6 Å². The lowest BCUT2D eigenvalue weighted by molar-refractivity contribution is 0.0565. The summed E-state index contributed by atoms with van der Waals surface area (Å²) < 4.78 is 25.7. The summed E-state index contributed by atoms with van der Waals surface area (Å²) in [5, 5.41) is 12.8. The van der Waals surface area contributed by atoms with E-state index in [2.05, 4.69) is 11.2 Å². The number of alkyl halides is 2. The average molecular weight is 261 g/mol. The Morgan fingerprint density at radius 1 is 1.37 bits per heavy atom. The van der Waals surface area contributed by atoms with Crippen molar-refractivity contribution in [3.8, 4) is 6.07 Å². The zero-order valence-corrected chi connectivity index (χ0v) is 10.4. The van der Waals surface area contributed by atoms with Gasteiger partial charge in [0.25, 0.3) is 0 Å². The second-order valence-electron chi connectivity index (χ2n) is 4.19. The Hall–Kier alpha value is -2.22. The Morgan fingerprint density at radius 2 is 2.11 bits per heavy atom. The van der Waals surface area contributed by atoms with Crippen LogP contribution in [-0.2, 0) is 0 Å². The molecule has 0 saturated heterocycles. The second-order valence-corrected chi connectivity index (χ2v) is 4.19. The summed E-state index contributed by atoms with van der Waals surface area (Å²) in [6.45, 7) is -0.684. The third-order valence-corrected chi connectivity index (χ3v) is 3.09. The molecule has 1 aromatic heterocycles. The third kappa shape index (κ3) is 2.63. The number of benzene rings is 1. The molecule has 1 heterocycles. The molecule has 19 heavy (non-hydrogen) atoms. The lowest BCUT2D eigenvalue weighted by Gasteiger charge is -2.14. The molecular weight excluding hydrogens is 248 g/mol. The van der Waals surface area contributed by atoms with E-state index < -0.39 is 6.55 Å². The lowest BCUT2D eigenvalue weighted by Crippen LogP contribution is -2.02. The van der Waals surface area contributed by atoms with E-state index in [1.165, 1.54) is 12.4 Å². The van der Waals surface area contributed by atoms with Crippen LogP contribution in [0.1, 0.15) is 42.5 Å². The van der Waals surface area contributed by atoms with Gasteiger partial charge in [-0.05, 0) is 23.6 Å². The van der Waals surface area contributed by atoms with E-state index in [1.54, 1.807) is 12.1 Å². The summed E-state index contributed by atoms with van der Waals surface area (Å²) in [5.74, 6) is -0.0941. The van der Waals surface area contributed by atoms with Gasteiger partial charge in [0.1, 0.15) is 0 Å².